The van der Waals surface area contributed by atoms with Crippen LogP contribution in [0, 0.1) is 10.1 Å². The van der Waals surface area contributed by atoms with E-state index in [2.05, 4.69) is 10.4 Å². The molecule has 9 heteroatoms. The zero-order chi connectivity index (χ0) is 20.4. The second-order valence-electron chi connectivity index (χ2n) is 6.62. The average Bonchev–Trinajstić information content (AvgIpc) is 3.37. The molecule has 0 saturated carbocycles. The molecule has 29 heavy (non-hydrogen) atoms. The average molecular weight is 394 g/mol. The summed E-state index contributed by atoms with van der Waals surface area (Å²) >= 11 is 0. The molecule has 0 unspecified atom stereocenters. The van der Waals surface area contributed by atoms with Crippen molar-refractivity contribution in [2.45, 2.75) is 19.5 Å². The first-order valence-electron chi connectivity index (χ1n) is 8.96. The molecule has 0 spiro atoms. The Balaban J connectivity index is 1.50. The quantitative estimate of drug-likeness (QED) is 0.508. The van der Waals surface area contributed by atoms with E-state index >= 15 is 0 Å². The monoisotopic (exact) mass is 394 g/mol. The van der Waals surface area contributed by atoms with Gasteiger partial charge in [-0.05, 0) is 36.2 Å². The van der Waals surface area contributed by atoms with Gasteiger partial charge >= 0.3 is 5.69 Å². The minimum absolute atomic E-state index is 0.0941. The van der Waals surface area contributed by atoms with Crippen molar-refractivity contribution in [3.05, 3.63) is 81.7 Å². The third kappa shape index (κ3) is 3.88. The van der Waals surface area contributed by atoms with Gasteiger partial charge in [0.1, 0.15) is 12.4 Å². The topological polar surface area (TPSA) is 109 Å². The maximum Gasteiger partial charge on any atom is 0.307 e. The molecule has 9 nitrogen and oxygen atoms in total. The Morgan fingerprint density at radius 3 is 2.86 bits per heavy atom. The Morgan fingerprint density at radius 1 is 1.28 bits per heavy atom. The first kappa shape index (κ1) is 18.5. The lowest BCUT2D eigenvalue weighted by atomic mass is 10.0. The van der Waals surface area contributed by atoms with E-state index in [9.17, 15) is 14.9 Å². The summed E-state index contributed by atoms with van der Waals surface area (Å²) in [5, 5.41) is 17.8. The number of aromatic nitrogens is 2. The zero-order valence-corrected chi connectivity index (χ0v) is 15.6. The van der Waals surface area contributed by atoms with Crippen LogP contribution in [0.3, 0.4) is 0 Å². The smallest absolute Gasteiger partial charge is 0.307 e. The van der Waals surface area contributed by atoms with Crippen LogP contribution in [0.5, 0.6) is 11.5 Å². The van der Waals surface area contributed by atoms with E-state index in [4.69, 9.17) is 9.47 Å². The van der Waals surface area contributed by atoms with Crippen molar-refractivity contribution in [3.63, 3.8) is 0 Å². The molecule has 1 atom stereocenters. The van der Waals surface area contributed by atoms with Crippen LogP contribution < -0.4 is 14.8 Å². The molecule has 0 saturated heterocycles. The van der Waals surface area contributed by atoms with Crippen LogP contribution in [0.4, 0.5) is 5.69 Å². The zero-order valence-electron chi connectivity index (χ0n) is 15.6. The molecule has 1 aliphatic rings. The SMILES string of the molecule is C[C@H](NC(=O)c1ccccc1Cn1cc([N+](=O)[O-])cn1)c1ccc2c(c1)OCO2. The van der Waals surface area contributed by atoms with Gasteiger partial charge in [0.05, 0.1) is 17.5 Å². The van der Waals surface area contributed by atoms with Crippen molar-refractivity contribution < 1.29 is 19.2 Å². The second kappa shape index (κ2) is 7.63. The highest BCUT2D eigenvalue weighted by molar-refractivity contribution is 5.95. The van der Waals surface area contributed by atoms with Crippen molar-refractivity contribution in [1.29, 1.82) is 0 Å². The van der Waals surface area contributed by atoms with Gasteiger partial charge in [0.2, 0.25) is 6.79 Å². The number of nitrogens with zero attached hydrogens (tertiary/aromatic N) is 3. The Morgan fingerprint density at radius 2 is 2.07 bits per heavy atom. The van der Waals surface area contributed by atoms with Crippen molar-refractivity contribution in [1.82, 2.24) is 15.1 Å². The number of hydrogen-bond acceptors (Lipinski definition) is 6. The third-order valence-corrected chi connectivity index (χ3v) is 4.67. The van der Waals surface area contributed by atoms with Gasteiger partial charge in [0.15, 0.2) is 11.5 Å². The maximum atomic E-state index is 12.9. The van der Waals surface area contributed by atoms with E-state index in [1.54, 1.807) is 18.2 Å². The summed E-state index contributed by atoms with van der Waals surface area (Å²) in [5.41, 5.74) is 1.99. The van der Waals surface area contributed by atoms with Gasteiger partial charge in [-0.3, -0.25) is 19.6 Å². The van der Waals surface area contributed by atoms with Crippen LogP contribution in [0.15, 0.2) is 54.9 Å². The number of fused-ring (bicyclic) bond motifs is 1. The van der Waals surface area contributed by atoms with Crippen LogP contribution in [-0.2, 0) is 6.54 Å². The highest BCUT2D eigenvalue weighted by atomic mass is 16.7. The summed E-state index contributed by atoms with van der Waals surface area (Å²) in [5.74, 6) is 1.10. The first-order valence-corrected chi connectivity index (χ1v) is 8.96. The Bertz CT molecular complexity index is 1080. The Kier molecular flexibility index (Phi) is 4.86. The molecule has 3 aromatic rings. The normalized spacial score (nSPS) is 13.1. The van der Waals surface area contributed by atoms with Gasteiger partial charge in [-0.1, -0.05) is 24.3 Å². The van der Waals surface area contributed by atoms with Gasteiger partial charge in [0, 0.05) is 5.56 Å². The summed E-state index contributed by atoms with van der Waals surface area (Å²) in [4.78, 5) is 23.2. The largest absolute Gasteiger partial charge is 0.454 e. The molecular formula is C20H18N4O5. The molecule has 1 aromatic heterocycles. The minimum atomic E-state index is -0.505. The lowest BCUT2D eigenvalue weighted by Gasteiger charge is -2.16. The molecule has 2 heterocycles. The summed E-state index contributed by atoms with van der Waals surface area (Å²) in [6.45, 7) is 2.32. The fourth-order valence-electron chi connectivity index (χ4n) is 3.13. The van der Waals surface area contributed by atoms with Crippen molar-refractivity contribution in [3.8, 4) is 11.5 Å². The second-order valence-corrected chi connectivity index (χ2v) is 6.62. The number of benzene rings is 2. The standard InChI is InChI=1S/C20H18N4O5/c1-13(14-6-7-18-19(8-14)29-12-28-18)22-20(25)17-5-3-2-4-15(17)10-23-11-16(9-21-23)24(26)27/h2-9,11,13H,10,12H2,1H3,(H,22,25)/t13-/m0/s1. The number of amides is 1. The number of hydrogen-bond donors (Lipinski definition) is 1. The molecule has 0 aliphatic carbocycles. The number of rotatable bonds is 6. The summed E-state index contributed by atoms with van der Waals surface area (Å²) in [6.07, 6.45) is 2.52. The molecular weight excluding hydrogens is 376 g/mol. The van der Waals surface area contributed by atoms with Gasteiger partial charge in [-0.2, -0.15) is 5.10 Å². The van der Waals surface area contributed by atoms with Gasteiger partial charge in [-0.25, -0.2) is 0 Å². The molecule has 2 aromatic carbocycles. The van der Waals surface area contributed by atoms with E-state index in [1.807, 2.05) is 31.2 Å². The predicted octanol–water partition coefficient (Wildman–Crippen LogP) is 3.06. The first-order chi connectivity index (χ1) is 14.0. The lowest BCUT2D eigenvalue weighted by Crippen LogP contribution is -2.27. The van der Waals surface area contributed by atoms with E-state index < -0.39 is 4.92 Å². The van der Waals surface area contributed by atoms with Crippen molar-refractivity contribution >= 4 is 11.6 Å². The minimum Gasteiger partial charge on any atom is -0.454 e. The van der Waals surface area contributed by atoms with Crippen molar-refractivity contribution in [2.75, 3.05) is 6.79 Å². The van der Waals surface area contributed by atoms with Crippen LogP contribution in [0.1, 0.15) is 34.5 Å². The number of carbonyl (C=O) groups excluding carboxylic acids is 1. The molecule has 4 rings (SSSR count). The van der Waals surface area contributed by atoms with Crippen LogP contribution >= 0.6 is 0 Å². The third-order valence-electron chi connectivity index (χ3n) is 4.67. The number of carbonyl (C=O) groups is 1. The summed E-state index contributed by atoms with van der Waals surface area (Å²) in [6, 6.07) is 12.4. The molecule has 148 valence electrons. The van der Waals surface area contributed by atoms with E-state index in [0.29, 0.717) is 22.6 Å². The molecule has 1 aliphatic heterocycles. The number of nitro groups is 1. The predicted molar refractivity (Wildman–Crippen MR) is 103 cm³/mol. The van der Waals surface area contributed by atoms with Crippen LogP contribution in [0.25, 0.3) is 0 Å². The van der Waals surface area contributed by atoms with Gasteiger partial charge in [0.25, 0.3) is 5.91 Å². The lowest BCUT2D eigenvalue weighted by molar-refractivity contribution is -0.385. The Hall–Kier alpha value is -3.88. The molecule has 0 radical (unpaired) electrons. The molecule has 1 amide bonds. The molecule has 0 bridgehead atoms. The summed E-state index contributed by atoms with van der Waals surface area (Å²) in [7, 11) is 0. The summed E-state index contributed by atoms with van der Waals surface area (Å²) < 4.78 is 12.1. The van der Waals surface area contributed by atoms with Gasteiger partial charge < -0.3 is 14.8 Å². The fourth-order valence-corrected chi connectivity index (χ4v) is 3.13. The molecule has 0 fully saturated rings. The molecule has 1 N–H and O–H groups in total. The highest BCUT2D eigenvalue weighted by Crippen LogP contribution is 2.34. The maximum absolute atomic E-state index is 12.9. The van der Waals surface area contributed by atoms with E-state index in [-0.39, 0.29) is 31.0 Å². The van der Waals surface area contributed by atoms with Crippen LogP contribution in [0.2, 0.25) is 0 Å². The van der Waals surface area contributed by atoms with E-state index in [1.165, 1.54) is 17.1 Å². The van der Waals surface area contributed by atoms with Crippen molar-refractivity contribution in [2.24, 2.45) is 0 Å². The number of ether oxygens (including phenoxy) is 2. The Labute approximate surface area is 166 Å². The van der Waals surface area contributed by atoms with E-state index in [0.717, 1.165) is 5.56 Å². The fraction of sp³-hybridized carbons (Fsp3) is 0.200. The van der Waals surface area contributed by atoms with Gasteiger partial charge in [-0.15, -0.1) is 0 Å². The number of nitrogens with one attached hydrogen (secondary N) is 1. The van der Waals surface area contributed by atoms with Crippen LogP contribution in [-0.4, -0.2) is 27.4 Å². The highest BCUT2D eigenvalue weighted by Gasteiger charge is 2.19.